The second kappa shape index (κ2) is 9.11. The van der Waals surface area contributed by atoms with E-state index in [2.05, 4.69) is 6.58 Å². The lowest BCUT2D eigenvalue weighted by atomic mass is 10.1. The van der Waals surface area contributed by atoms with Gasteiger partial charge >= 0.3 is 5.97 Å². The monoisotopic (exact) mass is 256 g/mol. The zero-order valence-corrected chi connectivity index (χ0v) is 11.3. The number of epoxide rings is 1. The van der Waals surface area contributed by atoms with Gasteiger partial charge in [-0.1, -0.05) is 25.8 Å². The van der Waals surface area contributed by atoms with Crippen LogP contribution in [0.25, 0.3) is 0 Å². The molecule has 0 spiro atoms. The van der Waals surface area contributed by atoms with Crippen molar-refractivity contribution >= 4 is 5.97 Å². The van der Waals surface area contributed by atoms with Crippen LogP contribution in [0.5, 0.6) is 0 Å². The van der Waals surface area contributed by atoms with Crippen molar-refractivity contribution in [2.24, 2.45) is 0 Å². The van der Waals surface area contributed by atoms with Gasteiger partial charge in [-0.3, -0.25) is 0 Å². The number of hydrogen-bond donors (Lipinski definition) is 0. The van der Waals surface area contributed by atoms with Crippen LogP contribution >= 0.6 is 0 Å². The molecule has 0 amide bonds. The Bertz CT molecular complexity index is 259. The molecule has 0 aliphatic carbocycles. The average Bonchev–Trinajstić information content (AvgIpc) is 3.15. The molecular formula is C14H24O4. The summed E-state index contributed by atoms with van der Waals surface area (Å²) in [5.74, 6) is -0.286. The van der Waals surface area contributed by atoms with Crippen LogP contribution in [0.2, 0.25) is 0 Å². The molecule has 1 atom stereocenters. The minimum atomic E-state index is -0.286. The summed E-state index contributed by atoms with van der Waals surface area (Å²) in [6.45, 7) is 8.13. The van der Waals surface area contributed by atoms with E-state index in [9.17, 15) is 4.79 Å². The third kappa shape index (κ3) is 8.25. The van der Waals surface area contributed by atoms with Crippen LogP contribution in [0.4, 0.5) is 0 Å². The molecule has 0 radical (unpaired) electrons. The first-order valence-electron chi connectivity index (χ1n) is 6.72. The summed E-state index contributed by atoms with van der Waals surface area (Å²) in [6.07, 6.45) is 5.81. The predicted octanol–water partition coefficient (Wildman–Crippen LogP) is 2.47. The molecule has 18 heavy (non-hydrogen) atoms. The van der Waals surface area contributed by atoms with E-state index < -0.39 is 0 Å². The van der Waals surface area contributed by atoms with Crippen LogP contribution in [0.1, 0.15) is 39.0 Å². The van der Waals surface area contributed by atoms with E-state index in [4.69, 9.17) is 14.2 Å². The summed E-state index contributed by atoms with van der Waals surface area (Å²) >= 11 is 0. The van der Waals surface area contributed by atoms with E-state index in [0.29, 0.717) is 18.3 Å². The number of ether oxygens (including phenoxy) is 3. The number of hydrogen-bond acceptors (Lipinski definition) is 4. The molecule has 0 N–H and O–H groups in total. The molecular weight excluding hydrogens is 232 g/mol. The van der Waals surface area contributed by atoms with Crippen LogP contribution in [-0.4, -0.2) is 38.5 Å². The van der Waals surface area contributed by atoms with Crippen molar-refractivity contribution in [2.45, 2.75) is 45.1 Å². The summed E-state index contributed by atoms with van der Waals surface area (Å²) in [6, 6.07) is 0. The lowest BCUT2D eigenvalue weighted by Gasteiger charge is -2.04. The Labute approximate surface area is 109 Å². The lowest BCUT2D eigenvalue weighted by molar-refractivity contribution is -0.139. The third-order valence-electron chi connectivity index (χ3n) is 2.72. The van der Waals surface area contributed by atoms with Crippen molar-refractivity contribution < 1.29 is 19.0 Å². The van der Waals surface area contributed by atoms with Crippen molar-refractivity contribution in [3.8, 4) is 0 Å². The van der Waals surface area contributed by atoms with Crippen molar-refractivity contribution in [2.75, 3.05) is 26.4 Å². The van der Waals surface area contributed by atoms with E-state index in [0.717, 1.165) is 45.5 Å². The van der Waals surface area contributed by atoms with Crippen molar-refractivity contribution in [1.82, 2.24) is 0 Å². The van der Waals surface area contributed by atoms with Gasteiger partial charge in [-0.25, -0.2) is 4.79 Å². The molecule has 4 nitrogen and oxygen atoms in total. The zero-order chi connectivity index (χ0) is 13.2. The first-order valence-corrected chi connectivity index (χ1v) is 6.72. The van der Waals surface area contributed by atoms with Gasteiger partial charge < -0.3 is 14.2 Å². The highest BCUT2D eigenvalue weighted by molar-refractivity contribution is 5.86. The van der Waals surface area contributed by atoms with Gasteiger partial charge in [0, 0.05) is 12.2 Å². The summed E-state index contributed by atoms with van der Waals surface area (Å²) in [4.78, 5) is 11.1. The zero-order valence-electron chi connectivity index (χ0n) is 11.3. The minimum absolute atomic E-state index is 0.286. The molecule has 1 saturated heterocycles. The highest BCUT2D eigenvalue weighted by atomic mass is 16.6. The second-order valence-electron chi connectivity index (χ2n) is 4.71. The number of rotatable bonds is 11. The third-order valence-corrected chi connectivity index (χ3v) is 2.72. The Balaban J connectivity index is 1.72. The number of carbonyl (C=O) groups excluding carboxylic acids is 1. The van der Waals surface area contributed by atoms with Crippen molar-refractivity contribution in [3.05, 3.63) is 12.2 Å². The Morgan fingerprint density at radius 3 is 2.44 bits per heavy atom. The average molecular weight is 256 g/mol. The van der Waals surface area contributed by atoms with Gasteiger partial charge in [-0.15, -0.1) is 0 Å². The molecule has 0 aromatic rings. The summed E-state index contributed by atoms with van der Waals surface area (Å²) in [7, 11) is 0. The quantitative estimate of drug-likeness (QED) is 0.246. The standard InChI is InChI=1S/C14H24O4/c1-12(2)14(15)17-9-7-5-3-4-6-8-16-10-13-11-18-13/h13H,1,3-11H2,2H3. The smallest absolute Gasteiger partial charge is 0.333 e. The summed E-state index contributed by atoms with van der Waals surface area (Å²) < 4.78 is 15.5. The first kappa shape index (κ1) is 15.2. The number of esters is 1. The fourth-order valence-electron chi connectivity index (χ4n) is 1.50. The number of carbonyl (C=O) groups is 1. The maximum atomic E-state index is 11.1. The van der Waals surface area contributed by atoms with Gasteiger partial charge in [0.15, 0.2) is 0 Å². The van der Waals surface area contributed by atoms with E-state index in [1.807, 2.05) is 0 Å². The molecule has 104 valence electrons. The van der Waals surface area contributed by atoms with Crippen LogP contribution < -0.4 is 0 Å². The highest BCUT2D eigenvalue weighted by Gasteiger charge is 2.21. The summed E-state index contributed by atoms with van der Waals surface area (Å²) in [5, 5.41) is 0. The van der Waals surface area contributed by atoms with Crippen molar-refractivity contribution in [1.29, 1.82) is 0 Å². The molecule has 0 aromatic heterocycles. The Morgan fingerprint density at radius 2 is 1.83 bits per heavy atom. The van der Waals surface area contributed by atoms with Crippen LogP contribution in [-0.2, 0) is 19.0 Å². The van der Waals surface area contributed by atoms with Gasteiger partial charge in [0.05, 0.1) is 19.8 Å². The van der Waals surface area contributed by atoms with E-state index in [1.54, 1.807) is 6.92 Å². The molecule has 1 aliphatic rings. The van der Waals surface area contributed by atoms with Gasteiger partial charge in [-0.05, 0) is 19.8 Å². The topological polar surface area (TPSA) is 48.1 Å². The Kier molecular flexibility index (Phi) is 7.69. The fourth-order valence-corrected chi connectivity index (χ4v) is 1.50. The molecule has 0 bridgehead atoms. The fraction of sp³-hybridized carbons (Fsp3) is 0.786. The molecule has 0 saturated carbocycles. The second-order valence-corrected chi connectivity index (χ2v) is 4.71. The molecule has 1 unspecified atom stereocenters. The minimum Gasteiger partial charge on any atom is -0.462 e. The molecule has 1 rings (SSSR count). The van der Waals surface area contributed by atoms with E-state index in [1.165, 1.54) is 6.42 Å². The maximum absolute atomic E-state index is 11.1. The predicted molar refractivity (Wildman–Crippen MR) is 69.4 cm³/mol. The lowest BCUT2D eigenvalue weighted by Crippen LogP contribution is -2.06. The van der Waals surface area contributed by atoms with Crippen LogP contribution in [0.3, 0.4) is 0 Å². The molecule has 0 aromatic carbocycles. The van der Waals surface area contributed by atoms with Gasteiger partial charge in [0.25, 0.3) is 0 Å². The Hall–Kier alpha value is -0.870. The first-order chi connectivity index (χ1) is 8.70. The van der Waals surface area contributed by atoms with Crippen molar-refractivity contribution in [3.63, 3.8) is 0 Å². The van der Waals surface area contributed by atoms with E-state index in [-0.39, 0.29) is 5.97 Å². The molecule has 1 aliphatic heterocycles. The highest BCUT2D eigenvalue weighted by Crippen LogP contribution is 2.09. The van der Waals surface area contributed by atoms with Gasteiger partial charge in [-0.2, -0.15) is 0 Å². The van der Waals surface area contributed by atoms with Gasteiger partial charge in [0.2, 0.25) is 0 Å². The molecule has 1 heterocycles. The van der Waals surface area contributed by atoms with Crippen LogP contribution in [0, 0.1) is 0 Å². The Morgan fingerprint density at radius 1 is 1.22 bits per heavy atom. The number of unbranched alkanes of at least 4 members (excludes halogenated alkanes) is 4. The molecule has 4 heteroatoms. The van der Waals surface area contributed by atoms with Gasteiger partial charge in [0.1, 0.15) is 6.10 Å². The van der Waals surface area contributed by atoms with Crippen LogP contribution in [0.15, 0.2) is 12.2 Å². The molecule has 1 fully saturated rings. The largest absolute Gasteiger partial charge is 0.462 e. The maximum Gasteiger partial charge on any atom is 0.333 e. The van der Waals surface area contributed by atoms with E-state index >= 15 is 0 Å². The SMILES string of the molecule is C=C(C)C(=O)OCCCCCCCOCC1CO1. The summed E-state index contributed by atoms with van der Waals surface area (Å²) in [5.41, 5.74) is 0.465. The normalized spacial score (nSPS) is 17.5.